The lowest BCUT2D eigenvalue weighted by Gasteiger charge is -2.35. The van der Waals surface area contributed by atoms with Crippen LogP contribution in [-0.2, 0) is 11.3 Å². The molecule has 1 fully saturated rings. The van der Waals surface area contributed by atoms with E-state index in [9.17, 15) is 5.11 Å². The maximum absolute atomic E-state index is 10.2. The van der Waals surface area contributed by atoms with Crippen LogP contribution in [0.25, 0.3) is 0 Å². The molecule has 24 heavy (non-hydrogen) atoms. The lowest BCUT2D eigenvalue weighted by Crippen LogP contribution is -2.49. The summed E-state index contributed by atoms with van der Waals surface area (Å²) >= 11 is 0. The molecule has 1 aromatic heterocycles. The Hall–Kier alpha value is -2.02. The van der Waals surface area contributed by atoms with Gasteiger partial charge in [0.15, 0.2) is 0 Å². The lowest BCUT2D eigenvalue weighted by molar-refractivity contribution is 0.00910. The summed E-state index contributed by atoms with van der Waals surface area (Å²) < 4.78 is 5.61. The second kappa shape index (κ2) is 8.73. The number of rotatable bonds is 7. The summed E-state index contributed by atoms with van der Waals surface area (Å²) in [5.74, 6) is 0.781. The third-order valence-corrected chi connectivity index (χ3v) is 4.10. The predicted molar refractivity (Wildman–Crippen MR) is 92.8 cm³/mol. The molecule has 0 unspecified atom stereocenters. The highest BCUT2D eigenvalue weighted by Gasteiger charge is 2.20. The van der Waals surface area contributed by atoms with Crippen molar-refractivity contribution in [1.29, 1.82) is 0 Å². The zero-order chi connectivity index (χ0) is 16.6. The van der Waals surface area contributed by atoms with Crippen LogP contribution in [0.5, 0.6) is 0 Å². The molecule has 1 N–H and O–H groups in total. The van der Waals surface area contributed by atoms with E-state index in [-0.39, 0.29) is 0 Å². The average Bonchev–Trinajstić information content (AvgIpc) is 2.64. The van der Waals surface area contributed by atoms with Crippen molar-refractivity contribution in [3.05, 3.63) is 54.4 Å². The first-order valence-corrected chi connectivity index (χ1v) is 8.35. The second-order valence-electron chi connectivity index (χ2n) is 5.99. The Labute approximate surface area is 142 Å². The summed E-state index contributed by atoms with van der Waals surface area (Å²) in [4.78, 5) is 13.0. The largest absolute Gasteiger partial charge is 0.389 e. The molecule has 3 rings (SSSR count). The summed E-state index contributed by atoms with van der Waals surface area (Å²) in [7, 11) is 0. The van der Waals surface area contributed by atoms with Crippen LogP contribution < -0.4 is 4.90 Å². The molecule has 1 aliphatic rings. The minimum Gasteiger partial charge on any atom is -0.389 e. The number of aliphatic hydroxyl groups excluding tert-OH is 1. The summed E-state index contributed by atoms with van der Waals surface area (Å²) in [6.45, 7) is 5.08. The Morgan fingerprint density at radius 3 is 2.42 bits per heavy atom. The van der Waals surface area contributed by atoms with Gasteiger partial charge in [0.2, 0.25) is 5.95 Å². The molecule has 128 valence electrons. The van der Waals surface area contributed by atoms with E-state index in [1.54, 1.807) is 12.4 Å². The summed E-state index contributed by atoms with van der Waals surface area (Å²) in [5.41, 5.74) is 1.13. The Kier molecular flexibility index (Phi) is 6.12. The van der Waals surface area contributed by atoms with Crippen LogP contribution >= 0.6 is 0 Å². The monoisotopic (exact) mass is 328 g/mol. The zero-order valence-corrected chi connectivity index (χ0v) is 13.8. The number of aliphatic hydroxyl groups is 1. The van der Waals surface area contributed by atoms with Gasteiger partial charge in [-0.25, -0.2) is 9.97 Å². The normalized spacial score (nSPS) is 17.0. The molecule has 2 aromatic rings. The fourth-order valence-corrected chi connectivity index (χ4v) is 2.82. The van der Waals surface area contributed by atoms with Gasteiger partial charge in [0.25, 0.3) is 0 Å². The number of aromatic nitrogens is 2. The SMILES string of the molecule is O[C@H](COCc1ccccc1)CN1CCN(c2ncccn2)CC1. The Balaban J connectivity index is 1.35. The van der Waals surface area contributed by atoms with Crippen LogP contribution in [0.3, 0.4) is 0 Å². The van der Waals surface area contributed by atoms with Crippen molar-refractivity contribution < 1.29 is 9.84 Å². The smallest absolute Gasteiger partial charge is 0.225 e. The van der Waals surface area contributed by atoms with Crippen LogP contribution in [0, 0.1) is 0 Å². The summed E-state index contributed by atoms with van der Waals surface area (Å²) in [6, 6.07) is 11.8. The third kappa shape index (κ3) is 4.99. The van der Waals surface area contributed by atoms with E-state index in [0.717, 1.165) is 37.7 Å². The molecule has 2 heterocycles. The number of benzene rings is 1. The maximum Gasteiger partial charge on any atom is 0.225 e. The van der Waals surface area contributed by atoms with Gasteiger partial charge in [-0.2, -0.15) is 0 Å². The van der Waals surface area contributed by atoms with Crippen molar-refractivity contribution in [2.45, 2.75) is 12.7 Å². The van der Waals surface area contributed by atoms with Gasteiger partial charge in [-0.05, 0) is 11.6 Å². The minimum absolute atomic E-state index is 0.358. The maximum atomic E-state index is 10.2. The fourth-order valence-electron chi connectivity index (χ4n) is 2.82. The van der Waals surface area contributed by atoms with Gasteiger partial charge in [0.1, 0.15) is 0 Å². The van der Waals surface area contributed by atoms with E-state index in [1.165, 1.54) is 0 Å². The Morgan fingerprint density at radius 2 is 1.71 bits per heavy atom. The average molecular weight is 328 g/mol. The molecule has 6 heteroatoms. The Bertz CT molecular complexity index is 588. The standard InChI is InChI=1S/C18H24N4O2/c23-17(15-24-14-16-5-2-1-3-6-16)13-21-9-11-22(12-10-21)18-19-7-4-8-20-18/h1-8,17,23H,9-15H2/t17-/m0/s1. The quantitative estimate of drug-likeness (QED) is 0.823. The van der Waals surface area contributed by atoms with Gasteiger partial charge >= 0.3 is 0 Å². The third-order valence-electron chi connectivity index (χ3n) is 4.10. The Morgan fingerprint density at radius 1 is 1.00 bits per heavy atom. The number of β-amino-alcohol motifs (C(OH)–C–C–N with tert-alkyl or cyclic N) is 1. The van der Waals surface area contributed by atoms with Gasteiger partial charge in [-0.3, -0.25) is 4.90 Å². The number of ether oxygens (including phenoxy) is 1. The fraction of sp³-hybridized carbons (Fsp3) is 0.444. The van der Waals surface area contributed by atoms with Gasteiger partial charge in [-0.15, -0.1) is 0 Å². The molecule has 0 spiro atoms. The second-order valence-corrected chi connectivity index (χ2v) is 5.99. The van der Waals surface area contributed by atoms with Crippen molar-refractivity contribution in [2.24, 2.45) is 0 Å². The molecular weight excluding hydrogens is 304 g/mol. The number of anilines is 1. The van der Waals surface area contributed by atoms with Crippen molar-refractivity contribution in [3.63, 3.8) is 0 Å². The zero-order valence-electron chi connectivity index (χ0n) is 13.8. The predicted octanol–water partition coefficient (Wildman–Crippen LogP) is 1.18. The van der Waals surface area contributed by atoms with Gasteiger partial charge in [0.05, 0.1) is 19.3 Å². The number of nitrogens with zero attached hydrogens (tertiary/aromatic N) is 4. The van der Waals surface area contributed by atoms with Crippen molar-refractivity contribution in [1.82, 2.24) is 14.9 Å². The van der Waals surface area contributed by atoms with E-state index in [4.69, 9.17) is 4.74 Å². The first-order chi connectivity index (χ1) is 11.8. The molecule has 0 radical (unpaired) electrons. The number of hydrogen-bond donors (Lipinski definition) is 1. The first kappa shape index (κ1) is 16.8. The molecule has 1 saturated heterocycles. The van der Waals surface area contributed by atoms with E-state index in [0.29, 0.717) is 19.8 Å². The molecule has 1 atom stereocenters. The molecule has 0 amide bonds. The topological polar surface area (TPSA) is 61.7 Å². The molecule has 0 bridgehead atoms. The lowest BCUT2D eigenvalue weighted by atomic mass is 10.2. The molecule has 0 aliphatic carbocycles. The van der Waals surface area contributed by atoms with Gasteiger partial charge in [0, 0.05) is 45.1 Å². The van der Waals surface area contributed by atoms with Crippen LogP contribution in [-0.4, -0.2) is 65.4 Å². The minimum atomic E-state index is -0.465. The molecule has 0 saturated carbocycles. The van der Waals surface area contributed by atoms with Crippen molar-refractivity contribution in [2.75, 3.05) is 44.2 Å². The van der Waals surface area contributed by atoms with E-state index in [1.807, 2.05) is 36.4 Å². The van der Waals surface area contributed by atoms with Crippen molar-refractivity contribution in [3.8, 4) is 0 Å². The first-order valence-electron chi connectivity index (χ1n) is 8.35. The highest BCUT2D eigenvalue weighted by Crippen LogP contribution is 2.10. The van der Waals surface area contributed by atoms with E-state index in [2.05, 4.69) is 19.8 Å². The summed E-state index contributed by atoms with van der Waals surface area (Å²) in [6.07, 6.45) is 3.07. The molecule has 1 aromatic carbocycles. The number of piperazine rings is 1. The molecule has 6 nitrogen and oxygen atoms in total. The summed E-state index contributed by atoms with van der Waals surface area (Å²) in [5, 5.41) is 10.2. The van der Waals surface area contributed by atoms with Crippen LogP contribution in [0.1, 0.15) is 5.56 Å². The van der Waals surface area contributed by atoms with Gasteiger partial charge < -0.3 is 14.7 Å². The van der Waals surface area contributed by atoms with Crippen LogP contribution in [0.2, 0.25) is 0 Å². The van der Waals surface area contributed by atoms with Crippen LogP contribution in [0.15, 0.2) is 48.8 Å². The van der Waals surface area contributed by atoms with Gasteiger partial charge in [-0.1, -0.05) is 30.3 Å². The number of hydrogen-bond acceptors (Lipinski definition) is 6. The highest BCUT2D eigenvalue weighted by atomic mass is 16.5. The van der Waals surface area contributed by atoms with Crippen LogP contribution in [0.4, 0.5) is 5.95 Å². The molecular formula is C18H24N4O2. The van der Waals surface area contributed by atoms with E-state index < -0.39 is 6.10 Å². The highest BCUT2D eigenvalue weighted by molar-refractivity contribution is 5.29. The van der Waals surface area contributed by atoms with E-state index >= 15 is 0 Å². The van der Waals surface area contributed by atoms with Crippen molar-refractivity contribution >= 4 is 5.95 Å². The molecule has 1 aliphatic heterocycles.